The third-order valence-electron chi connectivity index (χ3n) is 3.94. The van der Waals surface area contributed by atoms with Crippen molar-refractivity contribution in [2.24, 2.45) is 0 Å². The molecule has 2 heteroatoms. The average molecular weight is 360 g/mol. The fourth-order valence-electron chi connectivity index (χ4n) is 2.73. The molecule has 0 amide bonds. The van der Waals surface area contributed by atoms with Gasteiger partial charge in [0.15, 0.2) is 0 Å². The lowest BCUT2D eigenvalue weighted by Gasteiger charge is -2.17. The summed E-state index contributed by atoms with van der Waals surface area (Å²) in [6.07, 6.45) is 0. The summed E-state index contributed by atoms with van der Waals surface area (Å²) in [6, 6.07) is 19.0. The van der Waals surface area contributed by atoms with E-state index in [9.17, 15) is 0 Å². The summed E-state index contributed by atoms with van der Waals surface area (Å²) in [5.74, 6) is 0. The van der Waals surface area contributed by atoms with Crippen LogP contribution in [0.15, 0.2) is 59.1 Å². The van der Waals surface area contributed by atoms with Gasteiger partial charge in [-0.3, -0.25) is 0 Å². The van der Waals surface area contributed by atoms with Gasteiger partial charge < -0.3 is 0 Å². The maximum absolute atomic E-state index is 6.81. The van der Waals surface area contributed by atoms with Crippen molar-refractivity contribution in [3.8, 4) is 0 Å². The van der Waals surface area contributed by atoms with Crippen molar-refractivity contribution >= 4 is 38.3 Å². The Morgan fingerprint density at radius 1 is 0.762 bits per heavy atom. The third-order valence-corrected chi connectivity index (χ3v) is 5.50. The van der Waals surface area contributed by atoms with Gasteiger partial charge in [-0.25, -0.2) is 0 Å². The molecule has 0 saturated carbocycles. The Kier molecular flexibility index (Phi) is 4.05. The summed E-state index contributed by atoms with van der Waals surface area (Å²) in [5.41, 5.74) is 4.76. The van der Waals surface area contributed by atoms with Crippen molar-refractivity contribution in [2.75, 3.05) is 0 Å². The predicted molar refractivity (Wildman–Crippen MR) is 95.3 cm³/mol. The van der Waals surface area contributed by atoms with Crippen molar-refractivity contribution in [1.82, 2.24) is 0 Å². The Hall–Kier alpha value is -1.31. The Morgan fingerprint density at radius 3 is 2.24 bits per heavy atom. The molecule has 0 spiro atoms. The second-order valence-corrected chi connectivity index (χ2v) is 6.59. The lowest BCUT2D eigenvalue weighted by Crippen LogP contribution is -1.97. The number of benzene rings is 3. The maximum atomic E-state index is 6.81. The lowest BCUT2D eigenvalue weighted by molar-refractivity contribution is 1.13. The number of aryl methyl sites for hydroxylation is 2. The molecule has 0 nitrogen and oxygen atoms in total. The molecule has 0 radical (unpaired) electrons. The molecular weight excluding hydrogens is 344 g/mol. The summed E-state index contributed by atoms with van der Waals surface area (Å²) in [7, 11) is 0. The highest BCUT2D eigenvalue weighted by atomic mass is 79.9. The number of hydrogen-bond acceptors (Lipinski definition) is 0. The standard InChI is InChI=1S/C19H16BrCl/c1-12-10-11-16(15-8-4-3-7-14(12)15)19(21)17-9-5-6-13(2)18(17)20/h3-11,19H,1-2H3. The molecule has 3 aromatic rings. The minimum Gasteiger partial charge on any atom is -0.113 e. The highest BCUT2D eigenvalue weighted by molar-refractivity contribution is 9.10. The van der Waals surface area contributed by atoms with Crippen LogP contribution in [-0.4, -0.2) is 0 Å². The first kappa shape index (κ1) is 14.6. The molecule has 3 aromatic carbocycles. The minimum atomic E-state index is -0.162. The van der Waals surface area contributed by atoms with E-state index in [4.69, 9.17) is 11.6 Å². The van der Waals surface area contributed by atoms with Crippen LogP contribution in [0.2, 0.25) is 0 Å². The fourth-order valence-corrected chi connectivity index (χ4v) is 3.72. The zero-order valence-corrected chi connectivity index (χ0v) is 14.4. The molecule has 0 aliphatic heterocycles. The number of alkyl halides is 1. The first-order chi connectivity index (χ1) is 10.1. The SMILES string of the molecule is Cc1cccc(C(Cl)c2ccc(C)c3ccccc23)c1Br. The highest BCUT2D eigenvalue weighted by Crippen LogP contribution is 2.38. The normalized spacial score (nSPS) is 12.6. The molecule has 21 heavy (non-hydrogen) atoms. The fraction of sp³-hybridized carbons (Fsp3) is 0.158. The quantitative estimate of drug-likeness (QED) is 0.455. The second-order valence-electron chi connectivity index (χ2n) is 5.36. The van der Waals surface area contributed by atoms with Gasteiger partial charge in [0.05, 0.1) is 5.38 Å². The zero-order valence-electron chi connectivity index (χ0n) is 12.0. The number of halogens is 2. The highest BCUT2D eigenvalue weighted by Gasteiger charge is 2.17. The van der Waals surface area contributed by atoms with Crippen LogP contribution in [0, 0.1) is 13.8 Å². The molecule has 3 rings (SSSR count). The molecule has 0 fully saturated rings. The molecule has 0 aromatic heterocycles. The van der Waals surface area contributed by atoms with E-state index in [0.29, 0.717) is 0 Å². The van der Waals surface area contributed by atoms with Crippen LogP contribution in [-0.2, 0) is 0 Å². The van der Waals surface area contributed by atoms with E-state index in [1.165, 1.54) is 21.9 Å². The van der Waals surface area contributed by atoms with Gasteiger partial charge in [-0.05, 0) is 46.9 Å². The zero-order chi connectivity index (χ0) is 15.0. The molecule has 0 N–H and O–H groups in total. The smallest absolute Gasteiger partial charge is 0.0852 e. The third kappa shape index (κ3) is 2.61. The Morgan fingerprint density at radius 2 is 1.48 bits per heavy atom. The maximum Gasteiger partial charge on any atom is 0.0852 e. The minimum absolute atomic E-state index is 0.162. The Bertz CT molecular complexity index is 808. The van der Waals surface area contributed by atoms with E-state index in [2.05, 4.69) is 84.4 Å². The van der Waals surface area contributed by atoms with Crippen LogP contribution in [0.5, 0.6) is 0 Å². The Labute approximate surface area is 138 Å². The van der Waals surface area contributed by atoms with Crippen molar-refractivity contribution in [1.29, 1.82) is 0 Å². The van der Waals surface area contributed by atoms with Crippen LogP contribution in [0.1, 0.15) is 27.6 Å². The van der Waals surface area contributed by atoms with Gasteiger partial charge in [0.2, 0.25) is 0 Å². The monoisotopic (exact) mass is 358 g/mol. The topological polar surface area (TPSA) is 0 Å². The van der Waals surface area contributed by atoms with E-state index in [1.54, 1.807) is 0 Å². The summed E-state index contributed by atoms with van der Waals surface area (Å²) >= 11 is 10.5. The summed E-state index contributed by atoms with van der Waals surface area (Å²) in [4.78, 5) is 0. The molecule has 0 saturated heterocycles. The molecule has 0 aliphatic carbocycles. The van der Waals surface area contributed by atoms with Gasteiger partial charge >= 0.3 is 0 Å². The van der Waals surface area contributed by atoms with Gasteiger partial charge in [-0.2, -0.15) is 0 Å². The van der Waals surface area contributed by atoms with Gasteiger partial charge in [0, 0.05) is 4.47 Å². The summed E-state index contributed by atoms with van der Waals surface area (Å²) in [6.45, 7) is 4.22. The second kappa shape index (κ2) is 5.82. The van der Waals surface area contributed by atoms with Gasteiger partial charge in [-0.15, -0.1) is 11.6 Å². The predicted octanol–water partition coefficient (Wildman–Crippen LogP) is 6.55. The van der Waals surface area contributed by atoms with Crippen LogP contribution in [0.4, 0.5) is 0 Å². The van der Waals surface area contributed by atoms with Crippen LogP contribution in [0.3, 0.4) is 0 Å². The number of fused-ring (bicyclic) bond motifs is 1. The largest absolute Gasteiger partial charge is 0.113 e. The molecule has 0 bridgehead atoms. The number of hydrogen-bond donors (Lipinski definition) is 0. The molecular formula is C19H16BrCl. The van der Waals surface area contributed by atoms with Gasteiger partial charge in [-0.1, -0.05) is 70.5 Å². The number of rotatable bonds is 2. The average Bonchev–Trinajstić information content (AvgIpc) is 2.50. The molecule has 0 heterocycles. The van der Waals surface area contributed by atoms with Crippen molar-refractivity contribution < 1.29 is 0 Å². The van der Waals surface area contributed by atoms with E-state index in [1.807, 2.05) is 0 Å². The first-order valence-corrected chi connectivity index (χ1v) is 8.20. The van der Waals surface area contributed by atoms with E-state index in [0.717, 1.165) is 15.6 Å². The molecule has 1 unspecified atom stereocenters. The van der Waals surface area contributed by atoms with Crippen LogP contribution < -0.4 is 0 Å². The molecule has 106 valence electrons. The van der Waals surface area contributed by atoms with Crippen molar-refractivity contribution in [3.05, 3.63) is 81.3 Å². The van der Waals surface area contributed by atoms with E-state index in [-0.39, 0.29) is 5.38 Å². The van der Waals surface area contributed by atoms with Crippen LogP contribution in [0.25, 0.3) is 10.8 Å². The summed E-state index contributed by atoms with van der Waals surface area (Å²) in [5, 5.41) is 2.33. The van der Waals surface area contributed by atoms with Crippen molar-refractivity contribution in [3.63, 3.8) is 0 Å². The Balaban J connectivity index is 2.21. The van der Waals surface area contributed by atoms with Crippen molar-refractivity contribution in [2.45, 2.75) is 19.2 Å². The van der Waals surface area contributed by atoms with Gasteiger partial charge in [0.25, 0.3) is 0 Å². The first-order valence-electron chi connectivity index (χ1n) is 6.97. The lowest BCUT2D eigenvalue weighted by atomic mass is 9.95. The summed E-state index contributed by atoms with van der Waals surface area (Å²) < 4.78 is 1.09. The van der Waals surface area contributed by atoms with E-state index >= 15 is 0 Å². The van der Waals surface area contributed by atoms with Gasteiger partial charge in [0.1, 0.15) is 0 Å². The van der Waals surface area contributed by atoms with E-state index < -0.39 is 0 Å². The molecule has 1 atom stereocenters. The van der Waals surface area contributed by atoms with Crippen LogP contribution >= 0.6 is 27.5 Å². The molecule has 0 aliphatic rings.